The molecular formula is C25H35ClN2O9. The van der Waals surface area contributed by atoms with Crippen LogP contribution in [0, 0.1) is 10.2 Å². The fourth-order valence-electron chi connectivity index (χ4n) is 3.18. The van der Waals surface area contributed by atoms with Crippen molar-refractivity contribution in [3.05, 3.63) is 53.9 Å². The molecule has 0 atom stereocenters. The van der Waals surface area contributed by atoms with Crippen LogP contribution in [0.15, 0.2) is 42.7 Å². The van der Waals surface area contributed by atoms with Crippen LogP contribution in [-0.2, 0) is 26.0 Å². The van der Waals surface area contributed by atoms with Crippen LogP contribution in [0.4, 0.5) is 5.69 Å². The summed E-state index contributed by atoms with van der Waals surface area (Å²) in [6.45, 7) is 5.71. The van der Waals surface area contributed by atoms with Crippen molar-refractivity contribution in [2.45, 2.75) is 0 Å². The Labute approximate surface area is 219 Å². The number of anilines is 1. The van der Waals surface area contributed by atoms with Crippen molar-refractivity contribution in [3.8, 4) is 5.75 Å². The van der Waals surface area contributed by atoms with E-state index in [9.17, 15) is 0 Å². The maximum Gasteiger partial charge on any atom is 0.169 e. The van der Waals surface area contributed by atoms with Gasteiger partial charge in [-0.3, -0.25) is 0 Å². The highest BCUT2D eigenvalue weighted by molar-refractivity contribution is 5.72. The van der Waals surface area contributed by atoms with Gasteiger partial charge < -0.3 is 28.6 Å². The van der Waals surface area contributed by atoms with Crippen molar-refractivity contribution < 1.29 is 57.1 Å². The van der Waals surface area contributed by atoms with Gasteiger partial charge in [0.2, 0.25) is 0 Å². The highest BCUT2D eigenvalue weighted by Gasteiger charge is 2.10. The van der Waals surface area contributed by atoms with Gasteiger partial charge in [-0.2, -0.15) is 0 Å². The number of nitrogens with zero attached hydrogens (tertiary/aromatic N) is 2. The Bertz CT molecular complexity index is 917. The third kappa shape index (κ3) is 14.9. The van der Waals surface area contributed by atoms with Gasteiger partial charge in [0, 0.05) is 25.7 Å². The molecule has 206 valence electrons. The second-order valence-electron chi connectivity index (χ2n) is 7.95. The van der Waals surface area contributed by atoms with Crippen LogP contribution in [0.25, 0.3) is 12.2 Å². The van der Waals surface area contributed by atoms with Crippen LogP contribution >= 0.6 is 0 Å². The minimum Gasteiger partial charge on any atom is -0.489 e. The molecule has 11 nitrogen and oxygen atoms in total. The van der Waals surface area contributed by atoms with Crippen molar-refractivity contribution in [1.29, 1.82) is 0 Å². The molecular weight excluding hydrogens is 508 g/mol. The van der Waals surface area contributed by atoms with Crippen molar-refractivity contribution in [2.75, 3.05) is 78.0 Å². The highest BCUT2D eigenvalue weighted by Crippen LogP contribution is 2.29. The Morgan fingerprint density at radius 2 is 1.22 bits per heavy atom. The number of likely N-dealkylation sites (N-methyl/N-ethyl adjacent to an activating group) is 1. The van der Waals surface area contributed by atoms with Gasteiger partial charge in [-0.15, -0.1) is 10.2 Å². The molecule has 1 aliphatic heterocycles. The van der Waals surface area contributed by atoms with E-state index in [-0.39, 0.29) is 0 Å². The number of halogens is 1. The van der Waals surface area contributed by atoms with E-state index in [1.165, 1.54) is 0 Å². The monoisotopic (exact) mass is 542 g/mol. The highest BCUT2D eigenvalue weighted by atomic mass is 35.7. The first-order chi connectivity index (χ1) is 17.7. The van der Waals surface area contributed by atoms with Gasteiger partial charge in [0.25, 0.3) is 0 Å². The molecule has 37 heavy (non-hydrogen) atoms. The lowest BCUT2D eigenvalue weighted by Gasteiger charge is -2.23. The third-order valence-corrected chi connectivity index (χ3v) is 5.04. The Kier molecular flexibility index (Phi) is 14.4. The molecule has 0 saturated heterocycles. The summed E-state index contributed by atoms with van der Waals surface area (Å²) in [5, 5.41) is 0. The van der Waals surface area contributed by atoms with Crippen LogP contribution in [-0.4, -0.2) is 73.1 Å². The molecule has 12 heteroatoms. The average Bonchev–Trinajstić information content (AvgIpc) is 2.84. The lowest BCUT2D eigenvalue weighted by molar-refractivity contribution is -2.00. The predicted molar refractivity (Wildman–Crippen MR) is 125 cm³/mol. The topological polar surface area (TPSA) is 146 Å². The zero-order valence-corrected chi connectivity index (χ0v) is 22.0. The molecule has 0 aliphatic carbocycles. The number of rotatable bonds is 2. The molecule has 3 rings (SSSR count). The number of pyridine rings is 1. The summed E-state index contributed by atoms with van der Waals surface area (Å²) >= 11 is 0. The van der Waals surface area contributed by atoms with Gasteiger partial charge in [0.15, 0.2) is 12.4 Å². The van der Waals surface area contributed by atoms with Gasteiger partial charge >= 0.3 is 0 Å². The summed E-state index contributed by atoms with van der Waals surface area (Å²) in [5.41, 5.74) is 3.25. The molecule has 1 aromatic carbocycles. The molecule has 0 bridgehead atoms. The zero-order chi connectivity index (χ0) is 26.9. The van der Waals surface area contributed by atoms with Crippen LogP contribution in [0.1, 0.15) is 11.1 Å². The average molecular weight is 543 g/mol. The summed E-state index contributed by atoms with van der Waals surface area (Å²) in [4.78, 5) is 2.15. The Morgan fingerprint density at radius 1 is 0.730 bits per heavy atom. The van der Waals surface area contributed by atoms with Gasteiger partial charge in [0.1, 0.15) is 19.4 Å². The molecule has 1 aliphatic rings. The first-order valence-electron chi connectivity index (χ1n) is 11.8. The van der Waals surface area contributed by atoms with E-state index >= 15 is 0 Å². The van der Waals surface area contributed by atoms with E-state index in [1.54, 1.807) is 0 Å². The fraction of sp³-hybridized carbons (Fsp3) is 0.480. The minimum absolute atomic E-state index is 0.475. The van der Waals surface area contributed by atoms with Crippen LogP contribution in [0.2, 0.25) is 0 Å². The maximum absolute atomic E-state index is 8.49. The standard InChI is InChI=1S/C25H35N2O5.ClHO4/c1-26-9-7-22(8-10-26)3-4-23-5-6-24-25(21-23)32-20-19-31-18-17-30-16-15-29-14-13-28-12-11-27(24)2;2-1(3,4)5/h3-10,21H,11-20H2,1-2H3;(H,2,3,4,5)/q+1;/p-1. The van der Waals surface area contributed by atoms with Crippen LogP contribution in [0.3, 0.4) is 0 Å². The van der Waals surface area contributed by atoms with E-state index in [2.05, 4.69) is 47.4 Å². The van der Waals surface area contributed by atoms with Gasteiger partial charge in [0.05, 0.1) is 58.5 Å². The molecule has 1 aromatic heterocycles. The molecule has 2 aromatic rings. The first kappa shape index (κ1) is 30.9. The fourth-order valence-corrected chi connectivity index (χ4v) is 3.18. The lowest BCUT2D eigenvalue weighted by atomic mass is 10.1. The molecule has 0 fully saturated rings. The van der Waals surface area contributed by atoms with Gasteiger partial charge in [-0.05, 0) is 23.3 Å². The number of benzene rings is 1. The molecule has 0 spiro atoms. The molecule has 0 saturated carbocycles. The third-order valence-electron chi connectivity index (χ3n) is 5.04. The normalized spacial score (nSPS) is 17.1. The molecule has 0 N–H and O–H groups in total. The summed E-state index contributed by atoms with van der Waals surface area (Å²) in [6, 6.07) is 10.4. The van der Waals surface area contributed by atoms with Crippen LogP contribution < -0.4 is 32.8 Å². The number of ether oxygens (including phenoxy) is 5. The summed E-state index contributed by atoms with van der Waals surface area (Å²) < 4.78 is 64.4. The van der Waals surface area contributed by atoms with E-state index in [4.69, 9.17) is 42.3 Å². The smallest absolute Gasteiger partial charge is 0.169 e. The van der Waals surface area contributed by atoms with Crippen molar-refractivity contribution in [1.82, 2.24) is 0 Å². The SMILES string of the molecule is CN1CCOCCOCCOCCOCCOc2cc(/C=C/c3cc[n+](C)cc3)ccc21.[O-][Cl+3]([O-])([O-])[O-]. The Hall–Kier alpha value is -2.32. The maximum atomic E-state index is 8.49. The Morgan fingerprint density at radius 3 is 1.78 bits per heavy atom. The van der Waals surface area contributed by atoms with Crippen molar-refractivity contribution in [3.63, 3.8) is 0 Å². The summed E-state index contributed by atoms with van der Waals surface area (Å²) in [6.07, 6.45) is 8.27. The quantitative estimate of drug-likeness (QED) is 0.384. The largest absolute Gasteiger partial charge is 0.489 e. The second-order valence-corrected chi connectivity index (χ2v) is 8.71. The van der Waals surface area contributed by atoms with Crippen LogP contribution in [0.5, 0.6) is 5.75 Å². The van der Waals surface area contributed by atoms with Gasteiger partial charge in [-0.1, -0.05) is 18.2 Å². The number of hydrogen-bond donors (Lipinski definition) is 0. The molecule has 0 unspecified atom stereocenters. The molecule has 0 amide bonds. The second kappa shape index (κ2) is 17.2. The lowest BCUT2D eigenvalue weighted by Crippen LogP contribution is -2.68. The van der Waals surface area contributed by atoms with E-state index in [0.717, 1.165) is 29.1 Å². The van der Waals surface area contributed by atoms with Crippen molar-refractivity contribution >= 4 is 17.8 Å². The van der Waals surface area contributed by atoms with E-state index < -0.39 is 10.2 Å². The number of hydrogen-bond acceptors (Lipinski definition) is 10. The van der Waals surface area contributed by atoms with E-state index in [0.29, 0.717) is 59.5 Å². The zero-order valence-electron chi connectivity index (χ0n) is 21.2. The Balaban J connectivity index is 0.000000877. The number of aromatic nitrogens is 1. The molecule has 0 radical (unpaired) electrons. The number of fused-ring (bicyclic) bond motifs is 1. The van der Waals surface area contributed by atoms with Gasteiger partial charge in [-0.25, -0.2) is 23.2 Å². The first-order valence-corrected chi connectivity index (χ1v) is 13.0. The number of aryl methyl sites for hydroxylation is 1. The summed E-state index contributed by atoms with van der Waals surface area (Å²) in [7, 11) is -0.884. The predicted octanol–water partition coefficient (Wildman–Crippen LogP) is -2.18. The minimum atomic E-state index is -4.94. The van der Waals surface area contributed by atoms with E-state index in [1.807, 2.05) is 31.1 Å². The summed E-state index contributed by atoms with van der Waals surface area (Å²) in [5.74, 6) is 0.832. The van der Waals surface area contributed by atoms with Crippen molar-refractivity contribution in [2.24, 2.45) is 7.05 Å². The molecule has 2 heterocycles.